The number of aliphatic carboxylic acids is 2. The topological polar surface area (TPSA) is 74.6 Å². The normalized spacial score (nSPS) is 27.4. The third-order valence-corrected chi connectivity index (χ3v) is 6.31. The van der Waals surface area contributed by atoms with Crippen molar-refractivity contribution in [3.63, 3.8) is 0 Å². The largest absolute Gasteiger partial charge is 0.481 e. The van der Waals surface area contributed by atoms with Gasteiger partial charge < -0.3 is 10.2 Å². The molecule has 3 unspecified atom stereocenters. The molecule has 0 saturated carbocycles. The Morgan fingerprint density at radius 1 is 0.960 bits per heavy atom. The highest BCUT2D eigenvalue weighted by atomic mass is 16.4. The first-order valence-corrected chi connectivity index (χ1v) is 9.86. The summed E-state index contributed by atoms with van der Waals surface area (Å²) in [6, 6.07) is 0. The van der Waals surface area contributed by atoms with Crippen LogP contribution in [0.4, 0.5) is 0 Å². The Kier molecular flexibility index (Phi) is 8.17. The van der Waals surface area contributed by atoms with Crippen LogP contribution in [0.15, 0.2) is 12.2 Å². The van der Waals surface area contributed by atoms with E-state index < -0.39 is 22.8 Å². The number of unbranched alkanes of at least 4 members (excludes halogenated alkanes) is 3. The van der Waals surface area contributed by atoms with Crippen LogP contribution in [0.25, 0.3) is 0 Å². The second-order valence-electron chi connectivity index (χ2n) is 8.20. The molecular formula is C21H36O4. The standard InChI is InChI=1S/C21H36O4/c1-5-17(4)21(19(24)25)15-11-10-14-20(21,18(22)23)13-9-7-6-8-12-16(2)3/h10-11,16-17H,5-9,12-15H2,1-4H3,(H,22,23)(H,24,25). The molecule has 0 aromatic carbocycles. The zero-order chi connectivity index (χ0) is 19.1. The highest BCUT2D eigenvalue weighted by Gasteiger charge is 2.62. The van der Waals surface area contributed by atoms with Crippen LogP contribution < -0.4 is 0 Å². The van der Waals surface area contributed by atoms with E-state index in [1.807, 2.05) is 26.0 Å². The smallest absolute Gasteiger partial charge is 0.311 e. The molecule has 0 saturated heterocycles. The highest BCUT2D eigenvalue weighted by Crippen LogP contribution is 2.57. The maximum Gasteiger partial charge on any atom is 0.311 e. The summed E-state index contributed by atoms with van der Waals surface area (Å²) in [5, 5.41) is 20.2. The van der Waals surface area contributed by atoms with Gasteiger partial charge in [-0.1, -0.05) is 78.4 Å². The van der Waals surface area contributed by atoms with Gasteiger partial charge in [-0.2, -0.15) is 0 Å². The summed E-state index contributed by atoms with van der Waals surface area (Å²) in [5.74, 6) is -1.37. The van der Waals surface area contributed by atoms with Crippen LogP contribution in [0, 0.1) is 22.7 Å². The van der Waals surface area contributed by atoms with Gasteiger partial charge in [0.2, 0.25) is 0 Å². The van der Waals surface area contributed by atoms with Crippen molar-refractivity contribution in [2.45, 2.75) is 85.5 Å². The van der Waals surface area contributed by atoms with Gasteiger partial charge in [-0.25, -0.2) is 0 Å². The summed E-state index contributed by atoms with van der Waals surface area (Å²) in [6.45, 7) is 8.27. The van der Waals surface area contributed by atoms with E-state index in [4.69, 9.17) is 0 Å². The first kappa shape index (κ1) is 21.7. The maximum atomic E-state index is 12.3. The van der Waals surface area contributed by atoms with Gasteiger partial charge in [-0.3, -0.25) is 9.59 Å². The Bertz CT molecular complexity index is 482. The highest BCUT2D eigenvalue weighted by molar-refractivity contribution is 5.87. The van der Waals surface area contributed by atoms with Gasteiger partial charge in [0.15, 0.2) is 0 Å². The van der Waals surface area contributed by atoms with Gasteiger partial charge in [-0.15, -0.1) is 0 Å². The fourth-order valence-corrected chi connectivity index (χ4v) is 4.50. The van der Waals surface area contributed by atoms with Crippen molar-refractivity contribution in [1.82, 2.24) is 0 Å². The van der Waals surface area contributed by atoms with Crippen molar-refractivity contribution < 1.29 is 19.8 Å². The third-order valence-electron chi connectivity index (χ3n) is 6.31. The third kappa shape index (κ3) is 4.45. The predicted octanol–water partition coefficient (Wildman–Crippen LogP) is 5.52. The summed E-state index contributed by atoms with van der Waals surface area (Å²) in [7, 11) is 0. The predicted molar refractivity (Wildman–Crippen MR) is 101 cm³/mol. The summed E-state index contributed by atoms with van der Waals surface area (Å²) in [4.78, 5) is 24.6. The minimum absolute atomic E-state index is 0.174. The number of carbonyl (C=O) groups is 2. The molecule has 3 atom stereocenters. The molecule has 0 aromatic heterocycles. The van der Waals surface area contributed by atoms with Gasteiger partial charge in [0.05, 0.1) is 10.8 Å². The number of rotatable bonds is 11. The second-order valence-corrected chi connectivity index (χ2v) is 8.20. The summed E-state index contributed by atoms with van der Waals surface area (Å²) >= 11 is 0. The lowest BCUT2D eigenvalue weighted by atomic mass is 9.50. The second kappa shape index (κ2) is 9.40. The Balaban J connectivity index is 2.97. The molecule has 0 aliphatic heterocycles. The number of carboxylic acid groups (broad SMARTS) is 2. The Hall–Kier alpha value is -1.32. The molecule has 0 spiro atoms. The van der Waals surface area contributed by atoms with Crippen LogP contribution in [0.5, 0.6) is 0 Å². The number of hydrogen-bond donors (Lipinski definition) is 2. The zero-order valence-corrected chi connectivity index (χ0v) is 16.4. The van der Waals surface area contributed by atoms with E-state index in [0.717, 1.165) is 25.7 Å². The van der Waals surface area contributed by atoms with Crippen molar-refractivity contribution in [2.24, 2.45) is 22.7 Å². The maximum absolute atomic E-state index is 12.3. The number of carboxylic acids is 2. The van der Waals surface area contributed by atoms with E-state index >= 15 is 0 Å². The fourth-order valence-electron chi connectivity index (χ4n) is 4.50. The molecular weight excluding hydrogens is 316 g/mol. The first-order chi connectivity index (χ1) is 11.7. The van der Waals surface area contributed by atoms with Gasteiger partial charge in [0.1, 0.15) is 0 Å². The van der Waals surface area contributed by atoms with Crippen molar-refractivity contribution in [1.29, 1.82) is 0 Å². The summed E-state index contributed by atoms with van der Waals surface area (Å²) in [5.41, 5.74) is -2.40. The summed E-state index contributed by atoms with van der Waals surface area (Å²) in [6.07, 6.45) is 10.7. The van der Waals surface area contributed by atoms with E-state index in [1.165, 1.54) is 6.42 Å². The minimum Gasteiger partial charge on any atom is -0.481 e. The molecule has 0 heterocycles. The monoisotopic (exact) mass is 352 g/mol. The van der Waals surface area contributed by atoms with Crippen LogP contribution in [0.2, 0.25) is 0 Å². The first-order valence-electron chi connectivity index (χ1n) is 9.86. The molecule has 1 aliphatic rings. The molecule has 4 nitrogen and oxygen atoms in total. The zero-order valence-electron chi connectivity index (χ0n) is 16.4. The van der Waals surface area contributed by atoms with E-state index in [0.29, 0.717) is 31.6 Å². The molecule has 0 amide bonds. The van der Waals surface area contributed by atoms with Gasteiger partial charge in [0, 0.05) is 0 Å². The van der Waals surface area contributed by atoms with Crippen LogP contribution in [0.3, 0.4) is 0 Å². The summed E-state index contributed by atoms with van der Waals surface area (Å²) < 4.78 is 0. The molecule has 0 radical (unpaired) electrons. The Labute approximate surface area is 152 Å². The quantitative estimate of drug-likeness (QED) is 0.379. The molecule has 0 bridgehead atoms. The van der Waals surface area contributed by atoms with Gasteiger partial charge >= 0.3 is 11.9 Å². The number of hydrogen-bond acceptors (Lipinski definition) is 2. The van der Waals surface area contributed by atoms with Crippen molar-refractivity contribution >= 4 is 11.9 Å². The SMILES string of the molecule is CCC(C)C1(C(=O)O)CC=CCC1(CCCCCCC(C)C)C(=O)O. The van der Waals surface area contributed by atoms with Gasteiger partial charge in [0.25, 0.3) is 0 Å². The molecule has 2 N–H and O–H groups in total. The van der Waals surface area contributed by atoms with Gasteiger partial charge in [-0.05, 0) is 31.1 Å². The van der Waals surface area contributed by atoms with E-state index in [9.17, 15) is 19.8 Å². The van der Waals surface area contributed by atoms with Crippen LogP contribution >= 0.6 is 0 Å². The molecule has 144 valence electrons. The average Bonchev–Trinajstić information content (AvgIpc) is 2.56. The number of allylic oxidation sites excluding steroid dienone is 2. The van der Waals surface area contributed by atoms with Crippen molar-refractivity contribution in [3.8, 4) is 0 Å². The van der Waals surface area contributed by atoms with Crippen molar-refractivity contribution in [2.75, 3.05) is 0 Å². The van der Waals surface area contributed by atoms with E-state index in [2.05, 4.69) is 13.8 Å². The lowest BCUT2D eigenvalue weighted by molar-refractivity contribution is -0.182. The Morgan fingerprint density at radius 2 is 1.56 bits per heavy atom. The molecule has 1 rings (SSSR count). The van der Waals surface area contributed by atoms with E-state index in [1.54, 1.807) is 0 Å². The van der Waals surface area contributed by atoms with E-state index in [-0.39, 0.29) is 5.92 Å². The van der Waals surface area contributed by atoms with Crippen molar-refractivity contribution in [3.05, 3.63) is 12.2 Å². The molecule has 0 fully saturated rings. The van der Waals surface area contributed by atoms with Crippen LogP contribution in [0.1, 0.15) is 85.5 Å². The lowest BCUT2D eigenvalue weighted by Gasteiger charge is -2.50. The fraction of sp³-hybridized carbons (Fsp3) is 0.810. The Morgan fingerprint density at radius 3 is 2.08 bits per heavy atom. The van der Waals surface area contributed by atoms with Crippen LogP contribution in [-0.4, -0.2) is 22.2 Å². The average molecular weight is 353 g/mol. The molecule has 0 aromatic rings. The van der Waals surface area contributed by atoms with Crippen LogP contribution in [-0.2, 0) is 9.59 Å². The molecule has 25 heavy (non-hydrogen) atoms. The molecule has 4 heteroatoms. The lowest BCUT2D eigenvalue weighted by Crippen LogP contribution is -2.56. The molecule has 1 aliphatic carbocycles. The minimum atomic E-state index is -1.21.